The number of carbonyl (C=O) groups is 4. The number of phenols is 1. The van der Waals surface area contributed by atoms with Crippen molar-refractivity contribution >= 4 is 23.6 Å². The van der Waals surface area contributed by atoms with E-state index in [0.717, 1.165) is 4.90 Å². The SMILES string of the molecule is O=C(CN1C(=O)c2ccccc2C1=O)N1CCCN(C(=O)c2cccc(O)c2)CC1. The van der Waals surface area contributed by atoms with Crippen LogP contribution in [0, 0.1) is 0 Å². The van der Waals surface area contributed by atoms with Gasteiger partial charge < -0.3 is 14.9 Å². The summed E-state index contributed by atoms with van der Waals surface area (Å²) in [6.07, 6.45) is 0.582. The molecule has 1 fully saturated rings. The molecule has 2 aromatic rings. The van der Waals surface area contributed by atoms with E-state index in [1.165, 1.54) is 12.1 Å². The lowest BCUT2D eigenvalue weighted by Crippen LogP contribution is -2.44. The second-order valence-electron chi connectivity index (χ2n) is 7.32. The monoisotopic (exact) mass is 407 g/mol. The fourth-order valence-electron chi connectivity index (χ4n) is 3.81. The Morgan fingerprint density at radius 2 is 1.47 bits per heavy atom. The van der Waals surface area contributed by atoms with Gasteiger partial charge in [0, 0.05) is 31.7 Å². The molecule has 154 valence electrons. The number of rotatable bonds is 3. The second kappa shape index (κ2) is 7.98. The normalized spacial score (nSPS) is 16.5. The van der Waals surface area contributed by atoms with E-state index in [9.17, 15) is 24.3 Å². The van der Waals surface area contributed by atoms with Crippen LogP contribution in [0.1, 0.15) is 37.5 Å². The third-order valence-electron chi connectivity index (χ3n) is 5.40. The molecular weight excluding hydrogens is 386 g/mol. The molecule has 2 aliphatic rings. The maximum atomic E-state index is 12.8. The first kappa shape index (κ1) is 19.6. The van der Waals surface area contributed by atoms with Crippen LogP contribution in [0.4, 0.5) is 0 Å². The molecule has 2 heterocycles. The molecule has 0 saturated carbocycles. The Kier molecular flexibility index (Phi) is 5.22. The molecule has 0 atom stereocenters. The van der Waals surface area contributed by atoms with Crippen LogP contribution in [0.25, 0.3) is 0 Å². The van der Waals surface area contributed by atoms with Gasteiger partial charge in [0.2, 0.25) is 5.91 Å². The molecule has 0 spiro atoms. The molecule has 4 rings (SSSR count). The molecule has 2 aromatic carbocycles. The van der Waals surface area contributed by atoms with Crippen LogP contribution in [-0.4, -0.2) is 76.2 Å². The van der Waals surface area contributed by atoms with Gasteiger partial charge in [0.15, 0.2) is 0 Å². The van der Waals surface area contributed by atoms with E-state index < -0.39 is 11.8 Å². The number of nitrogens with zero attached hydrogens (tertiary/aromatic N) is 3. The number of aromatic hydroxyl groups is 1. The summed E-state index contributed by atoms with van der Waals surface area (Å²) < 4.78 is 0. The average molecular weight is 407 g/mol. The van der Waals surface area contributed by atoms with Crippen LogP contribution in [0.15, 0.2) is 48.5 Å². The van der Waals surface area contributed by atoms with Gasteiger partial charge in [-0.15, -0.1) is 0 Å². The molecule has 0 aromatic heterocycles. The van der Waals surface area contributed by atoms with Gasteiger partial charge in [-0.1, -0.05) is 18.2 Å². The van der Waals surface area contributed by atoms with E-state index in [4.69, 9.17) is 0 Å². The van der Waals surface area contributed by atoms with E-state index in [0.29, 0.717) is 49.3 Å². The first-order valence-electron chi connectivity index (χ1n) is 9.77. The van der Waals surface area contributed by atoms with Gasteiger partial charge in [-0.2, -0.15) is 0 Å². The summed E-state index contributed by atoms with van der Waals surface area (Å²) in [5.41, 5.74) is 1.02. The van der Waals surface area contributed by atoms with Crippen molar-refractivity contribution in [1.29, 1.82) is 0 Å². The average Bonchev–Trinajstić information content (AvgIpc) is 2.93. The minimum Gasteiger partial charge on any atom is -0.508 e. The van der Waals surface area contributed by atoms with Crippen molar-refractivity contribution in [2.45, 2.75) is 6.42 Å². The van der Waals surface area contributed by atoms with Gasteiger partial charge in [0.05, 0.1) is 11.1 Å². The Morgan fingerprint density at radius 1 is 0.833 bits per heavy atom. The van der Waals surface area contributed by atoms with E-state index in [1.54, 1.807) is 46.2 Å². The van der Waals surface area contributed by atoms with Gasteiger partial charge in [-0.25, -0.2) is 0 Å². The Morgan fingerprint density at radius 3 is 2.13 bits per heavy atom. The van der Waals surface area contributed by atoms with E-state index >= 15 is 0 Å². The zero-order chi connectivity index (χ0) is 21.3. The summed E-state index contributed by atoms with van der Waals surface area (Å²) in [4.78, 5) is 54.6. The number of hydrogen-bond acceptors (Lipinski definition) is 5. The second-order valence-corrected chi connectivity index (χ2v) is 7.32. The molecule has 0 bridgehead atoms. The maximum Gasteiger partial charge on any atom is 0.262 e. The highest BCUT2D eigenvalue weighted by atomic mass is 16.3. The first-order valence-corrected chi connectivity index (χ1v) is 9.77. The Bertz CT molecular complexity index is 1000. The minimum absolute atomic E-state index is 0.0217. The fraction of sp³-hybridized carbons (Fsp3) is 0.273. The van der Waals surface area contributed by atoms with Crippen LogP contribution < -0.4 is 0 Å². The molecule has 8 nitrogen and oxygen atoms in total. The smallest absolute Gasteiger partial charge is 0.262 e. The summed E-state index contributed by atoms with van der Waals surface area (Å²) in [6, 6.07) is 12.7. The van der Waals surface area contributed by atoms with Crippen molar-refractivity contribution < 1.29 is 24.3 Å². The number of hydrogen-bond donors (Lipinski definition) is 1. The van der Waals surface area contributed by atoms with Crippen molar-refractivity contribution in [1.82, 2.24) is 14.7 Å². The largest absolute Gasteiger partial charge is 0.508 e. The van der Waals surface area contributed by atoms with Crippen LogP contribution in [-0.2, 0) is 4.79 Å². The number of carbonyl (C=O) groups excluding carboxylic acids is 4. The quantitative estimate of drug-likeness (QED) is 0.775. The molecule has 0 radical (unpaired) electrons. The predicted octanol–water partition coefficient (Wildman–Crippen LogP) is 1.36. The Labute approximate surface area is 173 Å². The molecule has 1 N–H and O–H groups in total. The molecule has 1 saturated heterocycles. The minimum atomic E-state index is -0.459. The van der Waals surface area contributed by atoms with Gasteiger partial charge in [-0.3, -0.25) is 24.1 Å². The van der Waals surface area contributed by atoms with Crippen LogP contribution in [0.3, 0.4) is 0 Å². The van der Waals surface area contributed by atoms with Crippen LogP contribution in [0.2, 0.25) is 0 Å². The van der Waals surface area contributed by atoms with Crippen LogP contribution >= 0.6 is 0 Å². The predicted molar refractivity (Wildman–Crippen MR) is 107 cm³/mol. The number of phenolic OH excluding ortho intramolecular Hbond substituents is 1. The van der Waals surface area contributed by atoms with E-state index in [2.05, 4.69) is 0 Å². The maximum absolute atomic E-state index is 12.8. The highest BCUT2D eigenvalue weighted by Crippen LogP contribution is 2.22. The van der Waals surface area contributed by atoms with Crippen molar-refractivity contribution in [2.24, 2.45) is 0 Å². The number of imide groups is 1. The number of benzene rings is 2. The van der Waals surface area contributed by atoms with Gasteiger partial charge in [0.1, 0.15) is 12.3 Å². The highest BCUT2D eigenvalue weighted by Gasteiger charge is 2.37. The van der Waals surface area contributed by atoms with E-state index in [-0.39, 0.29) is 24.1 Å². The summed E-state index contributed by atoms with van der Waals surface area (Å²) >= 11 is 0. The van der Waals surface area contributed by atoms with Crippen molar-refractivity contribution in [2.75, 3.05) is 32.7 Å². The lowest BCUT2D eigenvalue weighted by atomic mass is 10.1. The fourth-order valence-corrected chi connectivity index (χ4v) is 3.81. The summed E-state index contributed by atoms with van der Waals surface area (Å²) in [7, 11) is 0. The molecule has 2 aliphatic heterocycles. The molecule has 0 unspecified atom stereocenters. The van der Waals surface area contributed by atoms with E-state index in [1.807, 2.05) is 0 Å². The lowest BCUT2D eigenvalue weighted by molar-refractivity contribution is -0.131. The zero-order valence-corrected chi connectivity index (χ0v) is 16.3. The highest BCUT2D eigenvalue weighted by molar-refractivity contribution is 6.22. The summed E-state index contributed by atoms with van der Waals surface area (Å²) in [5.74, 6) is -1.43. The summed E-state index contributed by atoms with van der Waals surface area (Å²) in [6.45, 7) is 1.25. The Hall–Kier alpha value is -3.68. The topological polar surface area (TPSA) is 98.2 Å². The van der Waals surface area contributed by atoms with Crippen molar-refractivity contribution in [3.05, 3.63) is 65.2 Å². The van der Waals surface area contributed by atoms with Gasteiger partial charge in [0.25, 0.3) is 17.7 Å². The summed E-state index contributed by atoms with van der Waals surface area (Å²) in [5, 5.41) is 9.59. The first-order chi connectivity index (χ1) is 14.5. The third kappa shape index (κ3) is 3.63. The van der Waals surface area contributed by atoms with Crippen molar-refractivity contribution in [3.8, 4) is 5.75 Å². The molecule has 4 amide bonds. The van der Waals surface area contributed by atoms with Gasteiger partial charge >= 0.3 is 0 Å². The van der Waals surface area contributed by atoms with Gasteiger partial charge in [-0.05, 0) is 36.8 Å². The molecule has 0 aliphatic carbocycles. The number of amides is 4. The standard InChI is InChI=1S/C22H21N3O5/c26-16-6-3-5-15(13-16)20(28)24-10-4-9-23(11-12-24)19(27)14-25-21(29)17-7-1-2-8-18(17)22(25)30/h1-3,5-8,13,26H,4,9-12,14H2. The molecule has 30 heavy (non-hydrogen) atoms. The molecular formula is C22H21N3O5. The van der Waals surface area contributed by atoms with Crippen molar-refractivity contribution in [3.63, 3.8) is 0 Å². The third-order valence-corrected chi connectivity index (χ3v) is 5.40. The number of fused-ring (bicyclic) bond motifs is 1. The lowest BCUT2D eigenvalue weighted by Gasteiger charge is -2.24. The Balaban J connectivity index is 1.39. The molecule has 8 heteroatoms. The zero-order valence-electron chi connectivity index (χ0n) is 16.3. The van der Waals surface area contributed by atoms with Crippen LogP contribution in [0.5, 0.6) is 5.75 Å².